The molecule has 1 saturated heterocycles. The van der Waals surface area contributed by atoms with Gasteiger partial charge in [0.2, 0.25) is 11.8 Å². The molecule has 2 amide bonds. The minimum absolute atomic E-state index is 0.0429. The predicted molar refractivity (Wildman–Crippen MR) is 76.2 cm³/mol. The molecule has 1 saturated carbocycles. The van der Waals surface area contributed by atoms with Gasteiger partial charge in [-0.1, -0.05) is 27.2 Å². The zero-order valence-corrected chi connectivity index (χ0v) is 12.9. The van der Waals surface area contributed by atoms with Crippen LogP contribution in [0.2, 0.25) is 0 Å². The van der Waals surface area contributed by atoms with Crippen LogP contribution in [-0.2, 0) is 14.3 Å². The van der Waals surface area contributed by atoms with E-state index >= 15 is 0 Å². The van der Waals surface area contributed by atoms with Gasteiger partial charge in [-0.25, -0.2) is 0 Å². The molecule has 3 atom stereocenters. The number of rotatable bonds is 5. The molecule has 114 valence electrons. The van der Waals surface area contributed by atoms with E-state index in [0.717, 1.165) is 12.8 Å². The van der Waals surface area contributed by atoms with E-state index in [-0.39, 0.29) is 42.0 Å². The number of ether oxygens (including phenoxy) is 1. The second-order valence-corrected chi connectivity index (χ2v) is 6.39. The van der Waals surface area contributed by atoms with E-state index in [1.165, 1.54) is 0 Å². The molecule has 0 spiro atoms. The molecule has 2 rings (SSSR count). The summed E-state index contributed by atoms with van der Waals surface area (Å²) in [5, 5.41) is 2.80. The number of hydrogen-bond donors (Lipinski definition) is 1. The Morgan fingerprint density at radius 2 is 2.05 bits per heavy atom. The number of carbonyl (C=O) groups is 2. The van der Waals surface area contributed by atoms with Crippen LogP contribution in [0.1, 0.15) is 47.0 Å². The lowest BCUT2D eigenvalue weighted by molar-refractivity contribution is -0.175. The predicted octanol–water partition coefficient (Wildman–Crippen LogP) is 1.32. The van der Waals surface area contributed by atoms with Gasteiger partial charge in [-0.2, -0.15) is 0 Å². The topological polar surface area (TPSA) is 58.6 Å². The van der Waals surface area contributed by atoms with Crippen LogP contribution in [0.25, 0.3) is 0 Å². The molecule has 0 aromatic rings. The molecule has 2 aliphatic rings. The first-order valence-corrected chi connectivity index (χ1v) is 7.63. The van der Waals surface area contributed by atoms with Crippen LogP contribution in [0.15, 0.2) is 0 Å². The Hall–Kier alpha value is -1.10. The molecule has 1 heterocycles. The quantitative estimate of drug-likeness (QED) is 0.827. The zero-order chi connectivity index (χ0) is 14.9. The molecule has 1 aliphatic carbocycles. The fraction of sp³-hybridized carbons (Fsp3) is 0.867. The zero-order valence-electron chi connectivity index (χ0n) is 12.9. The molecule has 5 nitrogen and oxygen atoms in total. The molecule has 0 aromatic carbocycles. The Bertz CT molecular complexity index is 395. The van der Waals surface area contributed by atoms with E-state index in [0.29, 0.717) is 13.0 Å². The minimum Gasteiger partial charge on any atom is -0.378 e. The molecular weight excluding hydrogens is 256 g/mol. The molecule has 3 unspecified atom stereocenters. The number of amides is 2. The maximum absolute atomic E-state index is 12.5. The summed E-state index contributed by atoms with van der Waals surface area (Å²) in [6.45, 7) is 9.13. The van der Waals surface area contributed by atoms with Crippen molar-refractivity contribution in [1.29, 1.82) is 0 Å². The monoisotopic (exact) mass is 282 g/mol. The average molecular weight is 282 g/mol. The molecule has 1 N–H and O–H groups in total. The van der Waals surface area contributed by atoms with Gasteiger partial charge in [-0.15, -0.1) is 0 Å². The summed E-state index contributed by atoms with van der Waals surface area (Å²) in [6, 6.07) is -0.236. The van der Waals surface area contributed by atoms with Gasteiger partial charge in [-0.3, -0.25) is 9.59 Å². The summed E-state index contributed by atoms with van der Waals surface area (Å²) in [6.07, 6.45) is 2.61. The van der Waals surface area contributed by atoms with E-state index < -0.39 is 0 Å². The van der Waals surface area contributed by atoms with E-state index in [1.807, 2.05) is 13.8 Å². The molecular formula is C15H26N2O3. The van der Waals surface area contributed by atoms with Crippen molar-refractivity contribution in [2.75, 3.05) is 13.2 Å². The normalized spacial score (nSPS) is 32.8. The molecule has 2 fully saturated rings. The van der Waals surface area contributed by atoms with E-state index in [2.05, 4.69) is 19.2 Å². The Labute approximate surface area is 121 Å². The van der Waals surface area contributed by atoms with Crippen molar-refractivity contribution >= 4 is 11.8 Å². The van der Waals surface area contributed by atoms with Gasteiger partial charge < -0.3 is 15.0 Å². The van der Waals surface area contributed by atoms with Crippen LogP contribution >= 0.6 is 0 Å². The Morgan fingerprint density at radius 3 is 2.60 bits per heavy atom. The lowest BCUT2D eigenvalue weighted by Crippen LogP contribution is -2.69. The number of hydrogen-bond acceptors (Lipinski definition) is 3. The van der Waals surface area contributed by atoms with Gasteiger partial charge >= 0.3 is 0 Å². The number of piperazine rings is 1. The molecule has 0 radical (unpaired) electrons. The fourth-order valence-corrected chi connectivity index (χ4v) is 3.36. The number of carbonyl (C=O) groups excluding carboxylic acids is 2. The summed E-state index contributed by atoms with van der Waals surface area (Å²) in [5.41, 5.74) is -0.0833. The smallest absolute Gasteiger partial charge is 0.245 e. The summed E-state index contributed by atoms with van der Waals surface area (Å²) in [5.74, 6) is 0.0261. The number of nitrogens with zero attached hydrogens (tertiary/aromatic N) is 1. The highest BCUT2D eigenvalue weighted by Crippen LogP contribution is 2.46. The standard InChI is InChI=1S/C15H26N2O3/c1-5-7-10-14(19)17(9-13(18)16-10)11-8-12(20-6-2)15(11,3)4/h10-12H,5-9H2,1-4H3,(H,16,18). The highest BCUT2D eigenvalue weighted by atomic mass is 16.5. The molecule has 20 heavy (non-hydrogen) atoms. The highest BCUT2D eigenvalue weighted by molar-refractivity contribution is 5.95. The van der Waals surface area contributed by atoms with E-state index in [1.54, 1.807) is 4.90 Å². The summed E-state index contributed by atoms with van der Waals surface area (Å²) in [7, 11) is 0. The third-order valence-electron chi connectivity index (χ3n) is 4.68. The second kappa shape index (κ2) is 5.72. The van der Waals surface area contributed by atoms with Crippen molar-refractivity contribution in [1.82, 2.24) is 10.2 Å². The van der Waals surface area contributed by atoms with Gasteiger partial charge in [0.05, 0.1) is 12.6 Å². The number of nitrogens with one attached hydrogen (secondary N) is 1. The van der Waals surface area contributed by atoms with E-state index in [9.17, 15) is 9.59 Å². The fourth-order valence-electron chi connectivity index (χ4n) is 3.36. The average Bonchev–Trinajstić information content (AvgIpc) is 2.39. The lowest BCUT2D eigenvalue weighted by Gasteiger charge is -2.56. The third kappa shape index (κ3) is 2.55. The van der Waals surface area contributed by atoms with Crippen molar-refractivity contribution < 1.29 is 14.3 Å². The van der Waals surface area contributed by atoms with Crippen LogP contribution in [0.5, 0.6) is 0 Å². The molecule has 0 bridgehead atoms. The Kier molecular flexibility index (Phi) is 4.37. The van der Waals surface area contributed by atoms with Crippen LogP contribution in [-0.4, -0.2) is 48.1 Å². The van der Waals surface area contributed by atoms with Crippen molar-refractivity contribution in [3.8, 4) is 0 Å². The Balaban J connectivity index is 2.08. The van der Waals surface area contributed by atoms with Crippen LogP contribution in [0, 0.1) is 5.41 Å². The van der Waals surface area contributed by atoms with Gasteiger partial charge in [-0.05, 0) is 19.8 Å². The molecule has 1 aliphatic heterocycles. The molecule has 0 aromatic heterocycles. The lowest BCUT2D eigenvalue weighted by atomic mass is 9.63. The summed E-state index contributed by atoms with van der Waals surface area (Å²) in [4.78, 5) is 26.1. The van der Waals surface area contributed by atoms with Crippen molar-refractivity contribution in [3.63, 3.8) is 0 Å². The first-order chi connectivity index (χ1) is 9.41. The van der Waals surface area contributed by atoms with Crippen LogP contribution < -0.4 is 5.32 Å². The first kappa shape index (κ1) is 15.3. The maximum atomic E-state index is 12.5. The minimum atomic E-state index is -0.344. The van der Waals surface area contributed by atoms with Gasteiger partial charge in [0.1, 0.15) is 6.04 Å². The highest BCUT2D eigenvalue weighted by Gasteiger charge is 2.54. The van der Waals surface area contributed by atoms with E-state index in [4.69, 9.17) is 4.74 Å². The third-order valence-corrected chi connectivity index (χ3v) is 4.68. The van der Waals surface area contributed by atoms with Crippen LogP contribution in [0.3, 0.4) is 0 Å². The first-order valence-electron chi connectivity index (χ1n) is 7.63. The largest absolute Gasteiger partial charge is 0.378 e. The maximum Gasteiger partial charge on any atom is 0.245 e. The molecule has 5 heteroatoms. The van der Waals surface area contributed by atoms with Crippen LogP contribution in [0.4, 0.5) is 0 Å². The van der Waals surface area contributed by atoms with Gasteiger partial charge in [0.15, 0.2) is 0 Å². The van der Waals surface area contributed by atoms with Gasteiger partial charge in [0.25, 0.3) is 0 Å². The van der Waals surface area contributed by atoms with Crippen molar-refractivity contribution in [3.05, 3.63) is 0 Å². The Morgan fingerprint density at radius 1 is 1.35 bits per heavy atom. The summed E-state index contributed by atoms with van der Waals surface area (Å²) >= 11 is 0. The second-order valence-electron chi connectivity index (χ2n) is 6.39. The van der Waals surface area contributed by atoms with Crippen molar-refractivity contribution in [2.24, 2.45) is 5.41 Å². The summed E-state index contributed by atoms with van der Waals surface area (Å²) < 4.78 is 5.71. The SMILES string of the molecule is CCCC1NC(=O)CN(C2CC(OCC)C2(C)C)C1=O. The van der Waals surface area contributed by atoms with Crippen molar-refractivity contribution in [2.45, 2.75) is 65.1 Å². The van der Waals surface area contributed by atoms with Gasteiger partial charge in [0, 0.05) is 18.1 Å².